The number of rotatable bonds is 10. The van der Waals surface area contributed by atoms with Crippen LogP contribution in [0.25, 0.3) is 10.9 Å². The average molecular weight is 528 g/mol. The standard InChI is InChI=1S/C27H33N3O6S/c1-4-12-28-27(33)19-5-10-23-24(16-29(17-26(31)32)25(23)14-19)20-11-13-30(15-20)37(34,35)22-8-6-21(7-9-22)36-18(2)3/h5-10,14,16,18,20H,4,11-13,15,17H2,1-3H3,(H,28,33)(H,31,32). The number of amides is 1. The summed E-state index contributed by atoms with van der Waals surface area (Å²) in [7, 11) is -3.69. The molecule has 1 aromatic heterocycles. The number of carboxylic acid groups (broad SMARTS) is 1. The molecule has 1 unspecified atom stereocenters. The highest BCUT2D eigenvalue weighted by atomic mass is 32.2. The molecule has 2 N–H and O–H groups in total. The van der Waals surface area contributed by atoms with E-state index in [0.29, 0.717) is 36.3 Å². The average Bonchev–Trinajstić information content (AvgIpc) is 3.48. The normalized spacial score (nSPS) is 16.4. The van der Waals surface area contributed by atoms with Gasteiger partial charge in [-0.15, -0.1) is 0 Å². The molecule has 9 nitrogen and oxygen atoms in total. The van der Waals surface area contributed by atoms with Crippen LogP contribution >= 0.6 is 0 Å². The Kier molecular flexibility index (Phi) is 7.89. The van der Waals surface area contributed by atoms with Gasteiger partial charge in [-0.25, -0.2) is 8.42 Å². The molecule has 1 aliphatic heterocycles. The summed E-state index contributed by atoms with van der Waals surface area (Å²) < 4.78 is 35.4. The topological polar surface area (TPSA) is 118 Å². The third-order valence-corrected chi connectivity index (χ3v) is 8.32. The molecule has 1 atom stereocenters. The highest BCUT2D eigenvalue weighted by molar-refractivity contribution is 7.89. The maximum absolute atomic E-state index is 13.3. The maximum Gasteiger partial charge on any atom is 0.323 e. The lowest BCUT2D eigenvalue weighted by molar-refractivity contribution is -0.137. The van der Waals surface area contributed by atoms with E-state index in [1.807, 2.05) is 26.8 Å². The predicted octanol–water partition coefficient (Wildman–Crippen LogP) is 3.83. The summed E-state index contributed by atoms with van der Waals surface area (Å²) in [5.41, 5.74) is 1.98. The fourth-order valence-electron chi connectivity index (χ4n) is 4.72. The van der Waals surface area contributed by atoms with Crippen molar-refractivity contribution in [2.45, 2.75) is 57.1 Å². The van der Waals surface area contributed by atoms with Gasteiger partial charge in [-0.05, 0) is 68.7 Å². The minimum absolute atomic E-state index is 0.00754. The van der Waals surface area contributed by atoms with Gasteiger partial charge in [0.25, 0.3) is 5.91 Å². The van der Waals surface area contributed by atoms with E-state index < -0.39 is 16.0 Å². The largest absolute Gasteiger partial charge is 0.491 e. The Hall–Kier alpha value is -3.37. The Morgan fingerprint density at radius 1 is 1.16 bits per heavy atom. The molecular formula is C27H33N3O6S. The lowest BCUT2D eigenvalue weighted by Gasteiger charge is -2.17. The second-order valence-corrected chi connectivity index (χ2v) is 11.5. The molecule has 1 aliphatic rings. The first-order chi connectivity index (χ1) is 17.6. The minimum atomic E-state index is -3.69. The highest BCUT2D eigenvalue weighted by Crippen LogP contribution is 2.36. The van der Waals surface area contributed by atoms with Crippen LogP contribution in [0.3, 0.4) is 0 Å². The van der Waals surface area contributed by atoms with Crippen molar-refractivity contribution >= 4 is 32.8 Å². The Balaban J connectivity index is 1.60. The molecule has 2 aromatic carbocycles. The van der Waals surface area contributed by atoms with Crippen LogP contribution in [0.2, 0.25) is 0 Å². The zero-order valence-corrected chi connectivity index (χ0v) is 22.1. The van der Waals surface area contributed by atoms with Gasteiger partial charge in [0, 0.05) is 48.2 Å². The van der Waals surface area contributed by atoms with Gasteiger partial charge in [-0.2, -0.15) is 4.31 Å². The number of benzene rings is 2. The van der Waals surface area contributed by atoms with Crippen LogP contribution in [-0.4, -0.2) is 60.0 Å². The van der Waals surface area contributed by atoms with Crippen molar-refractivity contribution in [1.29, 1.82) is 0 Å². The second-order valence-electron chi connectivity index (χ2n) is 9.58. The van der Waals surface area contributed by atoms with E-state index in [-0.39, 0.29) is 35.9 Å². The molecule has 1 fully saturated rings. The number of nitrogens with zero attached hydrogens (tertiary/aromatic N) is 2. The predicted molar refractivity (Wildman–Crippen MR) is 141 cm³/mol. The molecule has 0 spiro atoms. The smallest absolute Gasteiger partial charge is 0.323 e. The molecule has 0 radical (unpaired) electrons. The van der Waals surface area contributed by atoms with Gasteiger partial charge in [0.15, 0.2) is 0 Å². The third-order valence-electron chi connectivity index (χ3n) is 6.44. The minimum Gasteiger partial charge on any atom is -0.491 e. The zero-order chi connectivity index (χ0) is 26.7. The van der Waals surface area contributed by atoms with Crippen molar-refractivity contribution in [3.8, 4) is 5.75 Å². The van der Waals surface area contributed by atoms with Crippen molar-refractivity contribution in [3.63, 3.8) is 0 Å². The molecule has 198 valence electrons. The summed E-state index contributed by atoms with van der Waals surface area (Å²) >= 11 is 0. The summed E-state index contributed by atoms with van der Waals surface area (Å²) in [5.74, 6) is -0.695. The number of carbonyl (C=O) groups is 2. The van der Waals surface area contributed by atoms with E-state index in [9.17, 15) is 23.1 Å². The van der Waals surface area contributed by atoms with Crippen LogP contribution in [0.4, 0.5) is 0 Å². The first kappa shape index (κ1) is 26.7. The van der Waals surface area contributed by atoms with Gasteiger partial charge in [0.2, 0.25) is 10.0 Å². The number of sulfonamides is 1. The number of nitrogens with one attached hydrogen (secondary N) is 1. The van der Waals surface area contributed by atoms with Gasteiger partial charge >= 0.3 is 5.97 Å². The lowest BCUT2D eigenvalue weighted by atomic mass is 9.97. The quantitative estimate of drug-likeness (QED) is 0.414. The van der Waals surface area contributed by atoms with Crippen LogP contribution in [0, 0.1) is 0 Å². The fourth-order valence-corrected chi connectivity index (χ4v) is 6.22. The van der Waals surface area contributed by atoms with Crippen molar-refractivity contribution in [1.82, 2.24) is 14.2 Å². The van der Waals surface area contributed by atoms with Crippen LogP contribution in [0.1, 0.15) is 55.5 Å². The van der Waals surface area contributed by atoms with Crippen LogP contribution < -0.4 is 10.1 Å². The molecule has 0 bridgehead atoms. The van der Waals surface area contributed by atoms with Crippen molar-refractivity contribution in [2.75, 3.05) is 19.6 Å². The number of carbonyl (C=O) groups excluding carboxylic acids is 1. The molecule has 1 saturated heterocycles. The number of hydrogen-bond acceptors (Lipinski definition) is 5. The van der Waals surface area contributed by atoms with Gasteiger partial charge in [0.05, 0.1) is 11.0 Å². The lowest BCUT2D eigenvalue weighted by Crippen LogP contribution is -2.28. The Morgan fingerprint density at radius 3 is 2.54 bits per heavy atom. The molecule has 4 rings (SSSR count). The van der Waals surface area contributed by atoms with Gasteiger partial charge in [0.1, 0.15) is 12.3 Å². The van der Waals surface area contributed by atoms with Crippen LogP contribution in [-0.2, 0) is 21.4 Å². The van der Waals surface area contributed by atoms with E-state index in [2.05, 4.69) is 5.32 Å². The third kappa shape index (κ3) is 5.80. The zero-order valence-electron chi connectivity index (χ0n) is 21.3. The van der Waals surface area contributed by atoms with Crippen molar-refractivity contribution in [3.05, 3.63) is 59.8 Å². The molecule has 2 heterocycles. The number of fused-ring (bicyclic) bond motifs is 1. The van der Waals surface area contributed by atoms with E-state index >= 15 is 0 Å². The number of hydrogen-bond donors (Lipinski definition) is 2. The van der Waals surface area contributed by atoms with E-state index in [0.717, 1.165) is 17.4 Å². The summed E-state index contributed by atoms with van der Waals surface area (Å²) in [6, 6.07) is 11.7. The molecule has 0 saturated carbocycles. The monoisotopic (exact) mass is 527 g/mol. The Labute approximate surface area is 217 Å². The number of ether oxygens (including phenoxy) is 1. The Bertz CT molecular complexity index is 1400. The second kappa shape index (κ2) is 10.9. The SMILES string of the molecule is CCCNC(=O)c1ccc2c(C3CCN(S(=O)(=O)c4ccc(OC(C)C)cc4)C3)cn(CC(=O)O)c2c1. The Morgan fingerprint density at radius 2 is 1.89 bits per heavy atom. The molecule has 0 aliphatic carbocycles. The number of aliphatic carboxylic acids is 1. The fraction of sp³-hybridized carbons (Fsp3) is 0.407. The molecule has 1 amide bonds. The van der Waals surface area contributed by atoms with Crippen LogP contribution in [0.5, 0.6) is 5.75 Å². The molecule has 3 aromatic rings. The first-order valence-corrected chi connectivity index (χ1v) is 13.9. The summed E-state index contributed by atoms with van der Waals surface area (Å²) in [5, 5.41) is 13.1. The number of carboxylic acids is 1. The van der Waals surface area contributed by atoms with E-state index in [1.54, 1.807) is 47.2 Å². The summed E-state index contributed by atoms with van der Waals surface area (Å²) in [4.78, 5) is 24.2. The molecule has 37 heavy (non-hydrogen) atoms. The van der Waals surface area contributed by atoms with Crippen LogP contribution in [0.15, 0.2) is 53.6 Å². The summed E-state index contributed by atoms with van der Waals surface area (Å²) in [6.45, 7) is 6.73. The van der Waals surface area contributed by atoms with E-state index in [1.165, 1.54) is 4.31 Å². The van der Waals surface area contributed by atoms with Gasteiger partial charge < -0.3 is 19.7 Å². The van der Waals surface area contributed by atoms with Gasteiger partial charge in [-0.1, -0.05) is 13.0 Å². The highest BCUT2D eigenvalue weighted by Gasteiger charge is 2.34. The maximum atomic E-state index is 13.3. The summed E-state index contributed by atoms with van der Waals surface area (Å²) in [6.07, 6.45) is 3.20. The van der Waals surface area contributed by atoms with E-state index in [4.69, 9.17) is 4.74 Å². The van der Waals surface area contributed by atoms with Crippen molar-refractivity contribution < 1.29 is 27.9 Å². The number of aromatic nitrogens is 1. The first-order valence-electron chi connectivity index (χ1n) is 12.5. The molecular weight excluding hydrogens is 494 g/mol. The van der Waals surface area contributed by atoms with Crippen molar-refractivity contribution in [2.24, 2.45) is 0 Å². The van der Waals surface area contributed by atoms with Gasteiger partial charge in [-0.3, -0.25) is 9.59 Å². The molecule has 10 heteroatoms.